The number of hydrogen-bond acceptors (Lipinski definition) is 1. The molecule has 0 aromatic heterocycles. The van der Waals surface area contributed by atoms with Crippen LogP contribution in [0.15, 0.2) is 12.1 Å². The first-order valence-electron chi connectivity index (χ1n) is 2.51. The first-order valence-corrected chi connectivity index (χ1v) is 3.59. The van der Waals surface area contributed by atoms with Gasteiger partial charge >= 0.3 is 0 Å². The van der Waals surface area contributed by atoms with E-state index in [1.807, 2.05) is 0 Å². The molecule has 0 aliphatic carbocycles. The van der Waals surface area contributed by atoms with Crippen molar-refractivity contribution in [3.05, 3.63) is 27.3 Å². The van der Waals surface area contributed by atoms with Crippen LogP contribution in [0, 0.1) is 15.2 Å². The van der Waals surface area contributed by atoms with Gasteiger partial charge in [0.2, 0.25) is 0 Å². The van der Waals surface area contributed by atoms with Crippen LogP contribution in [0.3, 0.4) is 0 Å². The SMILES string of the molecule is Nc1cc(F)cc(I)c1F. The van der Waals surface area contributed by atoms with Crippen LogP contribution in [0.25, 0.3) is 0 Å². The number of halogens is 3. The predicted molar refractivity (Wildman–Crippen MR) is 43.5 cm³/mol. The molecule has 2 N–H and O–H groups in total. The Kier molecular flexibility index (Phi) is 2.08. The van der Waals surface area contributed by atoms with Crippen molar-refractivity contribution in [3.8, 4) is 0 Å². The minimum atomic E-state index is -0.554. The first-order chi connectivity index (χ1) is 4.61. The zero-order chi connectivity index (χ0) is 7.72. The van der Waals surface area contributed by atoms with E-state index in [0.717, 1.165) is 12.1 Å². The van der Waals surface area contributed by atoms with Gasteiger partial charge in [0.25, 0.3) is 0 Å². The Morgan fingerprint density at radius 2 is 1.90 bits per heavy atom. The molecule has 0 bridgehead atoms. The summed E-state index contributed by atoms with van der Waals surface area (Å²) in [7, 11) is 0. The molecule has 0 unspecified atom stereocenters. The largest absolute Gasteiger partial charge is 0.396 e. The lowest BCUT2D eigenvalue weighted by atomic mass is 10.3. The Morgan fingerprint density at radius 3 is 2.40 bits per heavy atom. The van der Waals surface area contributed by atoms with Gasteiger partial charge in [-0.15, -0.1) is 0 Å². The van der Waals surface area contributed by atoms with Crippen molar-refractivity contribution in [1.29, 1.82) is 0 Å². The van der Waals surface area contributed by atoms with E-state index in [2.05, 4.69) is 0 Å². The number of nitrogen functional groups attached to an aromatic ring is 1. The molecule has 0 radical (unpaired) electrons. The summed E-state index contributed by atoms with van der Waals surface area (Å²) in [6, 6.07) is 2.05. The van der Waals surface area contributed by atoms with Crippen LogP contribution in [-0.4, -0.2) is 0 Å². The van der Waals surface area contributed by atoms with Gasteiger partial charge in [0.05, 0.1) is 9.26 Å². The van der Waals surface area contributed by atoms with Gasteiger partial charge in [-0.05, 0) is 34.7 Å². The van der Waals surface area contributed by atoms with Gasteiger partial charge in [0, 0.05) is 0 Å². The Labute approximate surface area is 70.4 Å². The number of anilines is 1. The van der Waals surface area contributed by atoms with Crippen molar-refractivity contribution in [1.82, 2.24) is 0 Å². The van der Waals surface area contributed by atoms with E-state index in [1.54, 1.807) is 22.6 Å². The lowest BCUT2D eigenvalue weighted by Gasteiger charge is -1.97. The second kappa shape index (κ2) is 2.69. The van der Waals surface area contributed by atoms with Gasteiger partial charge in [0.1, 0.15) is 5.82 Å². The Hall–Kier alpha value is -0.390. The molecule has 1 aromatic carbocycles. The van der Waals surface area contributed by atoms with Crippen molar-refractivity contribution < 1.29 is 8.78 Å². The van der Waals surface area contributed by atoms with E-state index in [-0.39, 0.29) is 9.26 Å². The molecule has 54 valence electrons. The fraction of sp³-hybridized carbons (Fsp3) is 0. The Bertz CT molecular complexity index is 239. The van der Waals surface area contributed by atoms with Crippen LogP contribution in [0.4, 0.5) is 14.5 Å². The molecule has 0 saturated heterocycles. The van der Waals surface area contributed by atoms with Crippen LogP contribution in [0.1, 0.15) is 0 Å². The highest BCUT2D eigenvalue weighted by atomic mass is 127. The molecular weight excluding hydrogens is 251 g/mol. The van der Waals surface area contributed by atoms with Crippen LogP contribution >= 0.6 is 22.6 Å². The quantitative estimate of drug-likeness (QED) is 0.429. The van der Waals surface area contributed by atoms with Gasteiger partial charge in [-0.25, -0.2) is 8.78 Å². The molecule has 0 aliphatic heterocycles. The molecule has 4 heteroatoms. The molecular formula is C6H4F2IN. The van der Waals surface area contributed by atoms with Gasteiger partial charge in [0.15, 0.2) is 5.82 Å². The topological polar surface area (TPSA) is 26.0 Å². The van der Waals surface area contributed by atoms with Gasteiger partial charge in [-0.2, -0.15) is 0 Å². The van der Waals surface area contributed by atoms with E-state index in [9.17, 15) is 8.78 Å². The third-order valence-corrected chi connectivity index (χ3v) is 1.81. The third kappa shape index (κ3) is 1.36. The average molecular weight is 255 g/mol. The number of rotatable bonds is 0. The monoisotopic (exact) mass is 255 g/mol. The molecule has 0 atom stereocenters. The molecule has 0 saturated carbocycles. The van der Waals surface area contributed by atoms with Gasteiger partial charge < -0.3 is 5.73 Å². The second-order valence-corrected chi connectivity index (χ2v) is 2.95. The van der Waals surface area contributed by atoms with Crippen molar-refractivity contribution in [2.45, 2.75) is 0 Å². The van der Waals surface area contributed by atoms with E-state index >= 15 is 0 Å². The molecule has 10 heavy (non-hydrogen) atoms. The number of hydrogen-bond donors (Lipinski definition) is 1. The Balaban J connectivity index is 3.31. The summed E-state index contributed by atoms with van der Waals surface area (Å²) >= 11 is 1.68. The first kappa shape index (κ1) is 7.71. The molecule has 0 spiro atoms. The standard InChI is InChI=1S/C6H4F2IN/c7-3-1-4(9)6(8)5(10)2-3/h1-2H,10H2. The smallest absolute Gasteiger partial charge is 0.159 e. The summed E-state index contributed by atoms with van der Waals surface area (Å²) in [5.41, 5.74) is 4.95. The van der Waals surface area contributed by atoms with E-state index in [1.165, 1.54) is 0 Å². The fourth-order valence-corrected chi connectivity index (χ4v) is 1.18. The van der Waals surface area contributed by atoms with Crippen molar-refractivity contribution in [3.63, 3.8) is 0 Å². The molecule has 0 aliphatic rings. The van der Waals surface area contributed by atoms with E-state index < -0.39 is 11.6 Å². The van der Waals surface area contributed by atoms with Gasteiger partial charge in [-0.1, -0.05) is 0 Å². The highest BCUT2D eigenvalue weighted by Crippen LogP contribution is 2.18. The fourth-order valence-electron chi connectivity index (χ4n) is 0.576. The number of nitrogens with two attached hydrogens (primary N) is 1. The molecule has 1 aromatic rings. The third-order valence-electron chi connectivity index (χ3n) is 1.02. The number of benzene rings is 1. The molecule has 0 heterocycles. The highest BCUT2D eigenvalue weighted by molar-refractivity contribution is 14.1. The second-order valence-electron chi connectivity index (χ2n) is 1.79. The minimum absolute atomic E-state index is 0.149. The molecule has 1 rings (SSSR count). The normalized spacial score (nSPS) is 9.90. The summed E-state index contributed by atoms with van der Waals surface area (Å²) in [4.78, 5) is 0. The average Bonchev–Trinajstić information content (AvgIpc) is 1.82. The van der Waals surface area contributed by atoms with Crippen LogP contribution in [0.5, 0.6) is 0 Å². The summed E-state index contributed by atoms with van der Waals surface area (Å²) in [5, 5.41) is 0. The lowest BCUT2D eigenvalue weighted by Crippen LogP contribution is -1.94. The zero-order valence-electron chi connectivity index (χ0n) is 4.87. The maximum Gasteiger partial charge on any atom is 0.159 e. The Morgan fingerprint density at radius 1 is 1.30 bits per heavy atom. The molecule has 0 amide bonds. The summed E-state index contributed by atoms with van der Waals surface area (Å²) in [5.74, 6) is -1.06. The van der Waals surface area contributed by atoms with E-state index in [4.69, 9.17) is 5.73 Å². The maximum absolute atomic E-state index is 12.6. The van der Waals surface area contributed by atoms with Crippen LogP contribution in [-0.2, 0) is 0 Å². The highest BCUT2D eigenvalue weighted by Gasteiger charge is 2.04. The van der Waals surface area contributed by atoms with Crippen molar-refractivity contribution >= 4 is 28.3 Å². The molecule has 0 fully saturated rings. The van der Waals surface area contributed by atoms with Crippen LogP contribution < -0.4 is 5.73 Å². The summed E-state index contributed by atoms with van der Waals surface area (Å²) in [6.07, 6.45) is 0. The maximum atomic E-state index is 12.6. The summed E-state index contributed by atoms with van der Waals surface area (Å²) in [6.45, 7) is 0. The van der Waals surface area contributed by atoms with Crippen LogP contribution in [0.2, 0.25) is 0 Å². The predicted octanol–water partition coefficient (Wildman–Crippen LogP) is 2.15. The van der Waals surface area contributed by atoms with Crippen molar-refractivity contribution in [2.24, 2.45) is 0 Å². The molecule has 1 nitrogen and oxygen atoms in total. The van der Waals surface area contributed by atoms with Crippen molar-refractivity contribution in [2.75, 3.05) is 5.73 Å². The minimum Gasteiger partial charge on any atom is -0.396 e. The zero-order valence-corrected chi connectivity index (χ0v) is 7.02. The lowest BCUT2D eigenvalue weighted by molar-refractivity contribution is 0.598. The van der Waals surface area contributed by atoms with Gasteiger partial charge in [-0.3, -0.25) is 0 Å². The van der Waals surface area contributed by atoms with E-state index in [0.29, 0.717) is 0 Å². The summed E-state index contributed by atoms with van der Waals surface area (Å²) < 4.78 is 25.2.